The SMILES string of the molecule is Cc1cccc(C(C)C)c1NC(=O)CN(C)CC(=O)Nc1ccc(N2CCOCC2)cc1. The predicted octanol–water partition coefficient (Wildman–Crippen LogP) is 3.46. The molecule has 32 heavy (non-hydrogen) atoms. The van der Waals surface area contributed by atoms with Crippen LogP contribution in [-0.4, -0.2) is 63.2 Å². The van der Waals surface area contributed by atoms with Crippen LogP contribution in [0.5, 0.6) is 0 Å². The molecule has 2 aromatic rings. The van der Waals surface area contributed by atoms with E-state index >= 15 is 0 Å². The van der Waals surface area contributed by atoms with Gasteiger partial charge in [0, 0.05) is 30.2 Å². The molecular formula is C25H34N4O3. The topological polar surface area (TPSA) is 73.9 Å². The molecule has 0 unspecified atom stereocenters. The number of nitrogens with zero attached hydrogens (tertiary/aromatic N) is 2. The Morgan fingerprint density at radius 1 is 1.00 bits per heavy atom. The van der Waals surface area contributed by atoms with Crippen molar-refractivity contribution in [2.45, 2.75) is 26.7 Å². The van der Waals surface area contributed by atoms with Crippen LogP contribution in [0.25, 0.3) is 0 Å². The monoisotopic (exact) mass is 438 g/mol. The lowest BCUT2D eigenvalue weighted by molar-refractivity contribution is -0.119. The lowest BCUT2D eigenvalue weighted by Gasteiger charge is -2.28. The van der Waals surface area contributed by atoms with E-state index in [9.17, 15) is 9.59 Å². The van der Waals surface area contributed by atoms with Crippen LogP contribution in [0.2, 0.25) is 0 Å². The fourth-order valence-electron chi connectivity index (χ4n) is 3.85. The number of aryl methyl sites for hydroxylation is 1. The van der Waals surface area contributed by atoms with E-state index in [-0.39, 0.29) is 24.9 Å². The van der Waals surface area contributed by atoms with E-state index in [0.29, 0.717) is 5.92 Å². The number of anilines is 3. The summed E-state index contributed by atoms with van der Waals surface area (Å²) in [5.74, 6) is 0.0212. The number of nitrogens with one attached hydrogen (secondary N) is 2. The molecule has 2 aromatic carbocycles. The molecular weight excluding hydrogens is 404 g/mol. The first-order valence-electron chi connectivity index (χ1n) is 11.1. The van der Waals surface area contributed by atoms with E-state index in [2.05, 4.69) is 29.4 Å². The molecule has 172 valence electrons. The van der Waals surface area contributed by atoms with Gasteiger partial charge in [0.05, 0.1) is 26.3 Å². The van der Waals surface area contributed by atoms with E-state index in [4.69, 9.17) is 4.74 Å². The molecule has 1 saturated heterocycles. The van der Waals surface area contributed by atoms with Crippen LogP contribution < -0.4 is 15.5 Å². The van der Waals surface area contributed by atoms with Crippen LogP contribution in [0.15, 0.2) is 42.5 Å². The largest absolute Gasteiger partial charge is 0.378 e. The van der Waals surface area contributed by atoms with Crippen LogP contribution in [0.3, 0.4) is 0 Å². The van der Waals surface area contributed by atoms with E-state index in [1.165, 1.54) is 0 Å². The van der Waals surface area contributed by atoms with Crippen LogP contribution in [0.4, 0.5) is 17.1 Å². The van der Waals surface area contributed by atoms with Crippen LogP contribution in [-0.2, 0) is 14.3 Å². The second-order valence-electron chi connectivity index (χ2n) is 8.61. The molecule has 2 N–H and O–H groups in total. The Bertz CT molecular complexity index is 921. The first-order chi connectivity index (χ1) is 15.3. The zero-order valence-electron chi connectivity index (χ0n) is 19.5. The van der Waals surface area contributed by atoms with Crippen LogP contribution >= 0.6 is 0 Å². The second kappa shape index (κ2) is 11.1. The number of amides is 2. The quantitative estimate of drug-likeness (QED) is 0.660. The summed E-state index contributed by atoms with van der Waals surface area (Å²) in [5, 5.41) is 5.93. The standard InChI is InChI=1S/C25H34N4O3/c1-18(2)22-7-5-6-19(3)25(22)27-24(31)17-28(4)16-23(30)26-20-8-10-21(11-9-20)29-12-14-32-15-13-29/h5-11,18H,12-17H2,1-4H3,(H,26,30)(H,27,31). The highest BCUT2D eigenvalue weighted by atomic mass is 16.5. The van der Waals surface area contributed by atoms with Crippen molar-refractivity contribution in [3.05, 3.63) is 53.6 Å². The lowest BCUT2D eigenvalue weighted by atomic mass is 9.98. The Hall–Kier alpha value is -2.90. The number of likely N-dealkylation sites (N-methyl/N-ethyl adjacent to an activating group) is 1. The molecule has 0 radical (unpaired) electrons. The third-order valence-corrected chi connectivity index (χ3v) is 5.55. The zero-order chi connectivity index (χ0) is 23.1. The summed E-state index contributed by atoms with van der Waals surface area (Å²) in [6.07, 6.45) is 0. The van der Waals surface area contributed by atoms with Gasteiger partial charge in [0.1, 0.15) is 0 Å². The van der Waals surface area contributed by atoms with Gasteiger partial charge in [-0.3, -0.25) is 14.5 Å². The number of morpholine rings is 1. The van der Waals surface area contributed by atoms with Crippen molar-refractivity contribution in [2.75, 3.05) is 62.0 Å². The van der Waals surface area contributed by atoms with Gasteiger partial charge in [-0.25, -0.2) is 0 Å². The first kappa shape index (κ1) is 23.8. The van der Waals surface area contributed by atoms with Gasteiger partial charge < -0.3 is 20.3 Å². The molecule has 0 aromatic heterocycles. The molecule has 0 aliphatic carbocycles. The highest BCUT2D eigenvalue weighted by Gasteiger charge is 2.15. The predicted molar refractivity (Wildman–Crippen MR) is 129 cm³/mol. The summed E-state index contributed by atoms with van der Waals surface area (Å²) in [6.45, 7) is 9.69. The van der Waals surface area contributed by atoms with Gasteiger partial charge >= 0.3 is 0 Å². The van der Waals surface area contributed by atoms with E-state index in [1.54, 1.807) is 11.9 Å². The van der Waals surface area contributed by atoms with Crippen molar-refractivity contribution >= 4 is 28.9 Å². The number of carbonyl (C=O) groups is 2. The third kappa shape index (κ3) is 6.55. The van der Waals surface area contributed by atoms with Crippen molar-refractivity contribution in [1.82, 2.24) is 4.90 Å². The Labute approximate surface area is 190 Å². The molecule has 2 amide bonds. The Morgan fingerprint density at radius 3 is 2.25 bits per heavy atom. The van der Waals surface area contributed by atoms with Gasteiger partial charge in [-0.15, -0.1) is 0 Å². The smallest absolute Gasteiger partial charge is 0.238 e. The van der Waals surface area contributed by atoms with Gasteiger partial charge in [-0.2, -0.15) is 0 Å². The zero-order valence-corrected chi connectivity index (χ0v) is 19.5. The summed E-state index contributed by atoms with van der Waals surface area (Å²) in [5.41, 5.74) is 4.87. The van der Waals surface area contributed by atoms with E-state index in [0.717, 1.165) is 54.5 Å². The highest BCUT2D eigenvalue weighted by Crippen LogP contribution is 2.27. The minimum atomic E-state index is -0.154. The first-order valence-corrected chi connectivity index (χ1v) is 11.1. The average Bonchev–Trinajstić information content (AvgIpc) is 2.76. The van der Waals surface area contributed by atoms with Crippen molar-refractivity contribution in [1.29, 1.82) is 0 Å². The van der Waals surface area contributed by atoms with Gasteiger partial charge in [0.2, 0.25) is 11.8 Å². The minimum absolute atomic E-state index is 0.128. The molecule has 1 aliphatic rings. The number of hydrogen-bond acceptors (Lipinski definition) is 5. The Balaban J connectivity index is 1.49. The summed E-state index contributed by atoms with van der Waals surface area (Å²) < 4.78 is 5.39. The minimum Gasteiger partial charge on any atom is -0.378 e. The number of para-hydroxylation sites is 1. The highest BCUT2D eigenvalue weighted by molar-refractivity contribution is 5.95. The van der Waals surface area contributed by atoms with Gasteiger partial charge in [-0.05, 0) is 55.3 Å². The lowest BCUT2D eigenvalue weighted by Crippen LogP contribution is -2.36. The fourth-order valence-corrected chi connectivity index (χ4v) is 3.85. The number of rotatable bonds is 8. The van der Waals surface area contributed by atoms with Gasteiger partial charge in [-0.1, -0.05) is 32.0 Å². The summed E-state index contributed by atoms with van der Waals surface area (Å²) >= 11 is 0. The fraction of sp³-hybridized carbons (Fsp3) is 0.440. The van der Waals surface area contributed by atoms with E-state index in [1.807, 2.05) is 49.4 Å². The molecule has 0 spiro atoms. The van der Waals surface area contributed by atoms with Gasteiger partial charge in [0.25, 0.3) is 0 Å². The molecule has 3 rings (SSSR count). The summed E-state index contributed by atoms with van der Waals surface area (Å²) in [4.78, 5) is 29.0. The van der Waals surface area contributed by atoms with E-state index < -0.39 is 0 Å². The maximum absolute atomic E-state index is 12.6. The number of hydrogen-bond donors (Lipinski definition) is 2. The molecule has 7 heteroatoms. The normalized spacial score (nSPS) is 14.0. The maximum atomic E-state index is 12.6. The molecule has 7 nitrogen and oxygen atoms in total. The number of ether oxygens (including phenoxy) is 1. The van der Waals surface area contributed by atoms with Crippen LogP contribution in [0, 0.1) is 6.92 Å². The van der Waals surface area contributed by atoms with Crippen molar-refractivity contribution in [3.8, 4) is 0 Å². The summed E-state index contributed by atoms with van der Waals surface area (Å²) in [6, 6.07) is 13.9. The van der Waals surface area contributed by atoms with Crippen LogP contribution in [0.1, 0.15) is 30.9 Å². The number of benzene rings is 2. The van der Waals surface area contributed by atoms with Gasteiger partial charge in [0.15, 0.2) is 0 Å². The molecule has 0 atom stereocenters. The number of carbonyl (C=O) groups excluding carboxylic acids is 2. The molecule has 1 aliphatic heterocycles. The maximum Gasteiger partial charge on any atom is 0.238 e. The molecule has 0 bridgehead atoms. The Kier molecular flexibility index (Phi) is 8.25. The Morgan fingerprint density at radius 2 is 1.62 bits per heavy atom. The average molecular weight is 439 g/mol. The van der Waals surface area contributed by atoms with Crippen molar-refractivity contribution < 1.29 is 14.3 Å². The van der Waals surface area contributed by atoms with Crippen molar-refractivity contribution in [2.24, 2.45) is 0 Å². The third-order valence-electron chi connectivity index (χ3n) is 5.55. The summed E-state index contributed by atoms with van der Waals surface area (Å²) in [7, 11) is 1.77. The molecule has 1 heterocycles. The molecule has 1 fully saturated rings. The second-order valence-corrected chi connectivity index (χ2v) is 8.61. The molecule has 0 saturated carbocycles. The van der Waals surface area contributed by atoms with Crippen molar-refractivity contribution in [3.63, 3.8) is 0 Å².